The number of sulfonamides is 1. The number of nitro benzene ring substituents is 1. The van der Waals surface area contributed by atoms with E-state index in [9.17, 15) is 23.3 Å². The number of halogens is 1. The molecule has 3 aromatic carbocycles. The minimum atomic E-state index is -4.65. The van der Waals surface area contributed by atoms with Gasteiger partial charge in [0.1, 0.15) is 25.2 Å². The van der Waals surface area contributed by atoms with Crippen molar-refractivity contribution in [2.45, 2.75) is 83.3 Å². The van der Waals surface area contributed by atoms with E-state index in [1.165, 1.54) is 34.9 Å². The van der Waals surface area contributed by atoms with Gasteiger partial charge >= 0.3 is 0 Å². The molecular weight excluding hydrogens is 977 g/mol. The SMILES string of the molecule is CC1(C)CCC(CN2CCN(c3ccc(C(=O)NS(=O)(=O)c4ccc(NCC5CCOCC5)c([N+](=O)[O-])c4)c(P(C)(=O)c4cnc5c(ccn5COCC[Si](C)(C)C)c4)c3)CC2)=C(c2ccc(Cl)cc2)C1. The van der Waals surface area contributed by atoms with Gasteiger partial charge in [-0.25, -0.2) is 18.1 Å². The molecule has 0 spiro atoms. The number of aromatic nitrogens is 2. The van der Waals surface area contributed by atoms with E-state index < -0.39 is 46.7 Å². The number of ether oxygens (including phenoxy) is 2. The summed E-state index contributed by atoms with van der Waals surface area (Å²) in [5, 5.41) is 17.4. The van der Waals surface area contributed by atoms with Gasteiger partial charge < -0.3 is 28.8 Å². The molecule has 2 fully saturated rings. The first-order chi connectivity index (χ1) is 33.7. The van der Waals surface area contributed by atoms with Crippen LogP contribution in [0.1, 0.15) is 61.9 Å². The van der Waals surface area contributed by atoms with Crippen molar-refractivity contribution in [3.8, 4) is 0 Å². The Morgan fingerprint density at radius 3 is 2.45 bits per heavy atom. The molecule has 2 aromatic heterocycles. The summed E-state index contributed by atoms with van der Waals surface area (Å²) in [5.41, 5.74) is 5.29. The number of nitrogens with one attached hydrogen (secondary N) is 2. The molecule has 5 aromatic rings. The van der Waals surface area contributed by atoms with E-state index in [-0.39, 0.29) is 27.9 Å². The number of nitrogens with zero attached hydrogens (tertiary/aromatic N) is 5. The molecule has 4 heterocycles. The lowest BCUT2D eigenvalue weighted by molar-refractivity contribution is -0.384. The Morgan fingerprint density at radius 2 is 1.75 bits per heavy atom. The largest absolute Gasteiger partial charge is 0.381 e. The van der Waals surface area contributed by atoms with Crippen LogP contribution in [0.25, 0.3) is 16.6 Å². The van der Waals surface area contributed by atoms with E-state index in [1.807, 2.05) is 35.0 Å². The number of pyridine rings is 1. The van der Waals surface area contributed by atoms with Gasteiger partial charge in [-0.05, 0) is 122 Å². The molecule has 2 saturated heterocycles. The highest BCUT2D eigenvalue weighted by Crippen LogP contribution is 2.44. The summed E-state index contributed by atoms with van der Waals surface area (Å²) in [7, 11) is -9.63. The average molecular weight is 1040 g/mol. The molecule has 19 heteroatoms. The quantitative estimate of drug-likeness (QED) is 0.0280. The lowest BCUT2D eigenvalue weighted by atomic mass is 9.72. The maximum absolute atomic E-state index is 15.5. The van der Waals surface area contributed by atoms with Crippen LogP contribution < -0.4 is 25.5 Å². The average Bonchev–Trinajstić information content (AvgIpc) is 3.75. The van der Waals surface area contributed by atoms with E-state index >= 15 is 4.57 Å². The zero-order chi connectivity index (χ0) is 50.7. The summed E-state index contributed by atoms with van der Waals surface area (Å²) < 4.78 is 58.9. The van der Waals surface area contributed by atoms with Crippen molar-refractivity contribution in [2.24, 2.45) is 11.3 Å². The van der Waals surface area contributed by atoms with Gasteiger partial charge in [-0.1, -0.05) is 62.8 Å². The van der Waals surface area contributed by atoms with E-state index in [1.54, 1.807) is 25.0 Å². The Hall–Kier alpha value is -4.87. The van der Waals surface area contributed by atoms with Crippen molar-refractivity contribution >= 4 is 87.0 Å². The second-order valence-corrected chi connectivity index (χ2v) is 32.0. The van der Waals surface area contributed by atoms with E-state index in [0.717, 1.165) is 74.9 Å². The fraction of sp³-hybridized carbons (Fsp3) is 0.462. The first-order valence-corrected chi connectivity index (χ1v) is 32.2. The fourth-order valence-electron chi connectivity index (χ4n) is 9.66. The van der Waals surface area contributed by atoms with Gasteiger partial charge in [-0.15, -0.1) is 0 Å². The smallest absolute Gasteiger partial charge is 0.293 e. The standard InChI is InChI=1S/C52H67ClN7O8PSSi/c1-52(2)19-15-40(46(32-52)38-7-9-41(53)10-8-38)35-57-21-23-58(24-22-57)42-11-13-45(49(30-42)69(3,64)43-29-39-16-20-59(50(39)55-34-43)36-68-27-28-71(4,5)6)51(61)56-70(65,66)44-12-14-47(48(31-44)60(62)63)54-33-37-17-25-67-26-18-37/h7-14,16,20,29-31,34,37,54H,15,17-19,21-28,32-33,35-36H2,1-6H3,(H,56,61). The molecule has 1 unspecified atom stereocenters. The van der Waals surface area contributed by atoms with Crippen LogP contribution in [0.2, 0.25) is 30.7 Å². The maximum atomic E-state index is 15.5. The molecule has 1 atom stereocenters. The number of nitro groups is 1. The summed E-state index contributed by atoms with van der Waals surface area (Å²) in [5.74, 6) is -0.764. The van der Waals surface area contributed by atoms with Gasteiger partial charge in [0.2, 0.25) is 0 Å². The minimum absolute atomic E-state index is 0.0959. The highest BCUT2D eigenvalue weighted by atomic mass is 35.5. The van der Waals surface area contributed by atoms with Crippen LogP contribution >= 0.6 is 18.7 Å². The molecule has 15 nitrogen and oxygen atoms in total. The van der Waals surface area contributed by atoms with Crippen molar-refractivity contribution in [1.82, 2.24) is 19.2 Å². The van der Waals surface area contributed by atoms with E-state index in [4.69, 9.17) is 26.1 Å². The highest BCUT2D eigenvalue weighted by Gasteiger charge is 2.33. The Labute approximate surface area is 423 Å². The molecule has 2 N–H and O–H groups in total. The number of hydrogen-bond acceptors (Lipinski definition) is 12. The zero-order valence-electron chi connectivity index (χ0n) is 41.7. The summed E-state index contributed by atoms with van der Waals surface area (Å²) in [4.78, 5) is 34.9. The van der Waals surface area contributed by atoms with Gasteiger partial charge in [0.05, 0.1) is 15.4 Å². The molecule has 0 radical (unpaired) electrons. The second-order valence-electron chi connectivity index (χ2n) is 21.4. The third-order valence-corrected chi connectivity index (χ3v) is 20.0. The number of fused-ring (bicyclic) bond motifs is 1. The molecule has 380 valence electrons. The first-order valence-electron chi connectivity index (χ1n) is 24.5. The van der Waals surface area contributed by atoms with Gasteiger partial charge in [-0.2, -0.15) is 0 Å². The van der Waals surface area contributed by atoms with Crippen LogP contribution in [0.5, 0.6) is 0 Å². The number of hydrogen-bond donors (Lipinski definition) is 2. The molecule has 71 heavy (non-hydrogen) atoms. The number of rotatable bonds is 18. The number of anilines is 2. The van der Waals surface area contributed by atoms with Crippen molar-refractivity contribution < 1.29 is 32.2 Å². The number of amides is 1. The monoisotopic (exact) mass is 1040 g/mol. The van der Waals surface area contributed by atoms with Crippen molar-refractivity contribution in [3.63, 3.8) is 0 Å². The van der Waals surface area contributed by atoms with Gasteiger partial charge in [0.15, 0.2) is 0 Å². The van der Waals surface area contributed by atoms with Crippen LogP contribution in [0.4, 0.5) is 17.1 Å². The predicted octanol–water partition coefficient (Wildman–Crippen LogP) is 9.60. The third kappa shape index (κ3) is 12.8. The number of benzene rings is 3. The number of carbonyl (C=O) groups excluding carboxylic acids is 1. The lowest BCUT2D eigenvalue weighted by Gasteiger charge is -2.39. The van der Waals surface area contributed by atoms with Gasteiger partial charge in [0, 0.05) is 112 Å². The molecule has 2 aliphatic heterocycles. The number of piperazine rings is 1. The van der Waals surface area contributed by atoms with Gasteiger partial charge in [0.25, 0.3) is 21.6 Å². The molecule has 3 aliphatic rings. The molecule has 0 saturated carbocycles. The van der Waals surface area contributed by atoms with Crippen LogP contribution in [-0.2, 0) is 30.8 Å². The second kappa shape index (κ2) is 21.7. The van der Waals surface area contributed by atoms with Crippen molar-refractivity contribution in [1.29, 1.82) is 0 Å². The first kappa shape index (κ1) is 52.4. The van der Waals surface area contributed by atoms with E-state index in [2.05, 4.69) is 65.5 Å². The van der Waals surface area contributed by atoms with Crippen LogP contribution in [0, 0.1) is 21.4 Å². The summed E-state index contributed by atoms with van der Waals surface area (Å²) in [6.07, 6.45) is 8.18. The van der Waals surface area contributed by atoms with E-state index in [0.29, 0.717) is 62.2 Å². The minimum Gasteiger partial charge on any atom is -0.381 e. The Kier molecular flexibility index (Phi) is 16.0. The van der Waals surface area contributed by atoms with Gasteiger partial charge in [-0.3, -0.25) is 19.8 Å². The Balaban J connectivity index is 1.06. The summed E-state index contributed by atoms with van der Waals surface area (Å²) >= 11 is 6.28. The van der Waals surface area contributed by atoms with Crippen molar-refractivity contribution in [3.05, 3.63) is 117 Å². The van der Waals surface area contributed by atoms with Crippen LogP contribution in [0.3, 0.4) is 0 Å². The highest BCUT2D eigenvalue weighted by molar-refractivity contribution is 7.90. The fourth-order valence-corrected chi connectivity index (χ4v) is 13.5. The predicted molar refractivity (Wildman–Crippen MR) is 288 cm³/mol. The third-order valence-electron chi connectivity index (χ3n) is 14.1. The summed E-state index contributed by atoms with van der Waals surface area (Å²) in [6, 6.07) is 21.4. The lowest BCUT2D eigenvalue weighted by Crippen LogP contribution is -2.47. The molecular formula is C52H67ClN7O8PSSi. The summed E-state index contributed by atoms with van der Waals surface area (Å²) in [6.45, 7) is 19.5. The zero-order valence-corrected chi connectivity index (χ0v) is 45.2. The molecule has 1 amide bonds. The van der Waals surface area contributed by atoms with Crippen molar-refractivity contribution in [2.75, 3.05) is 76.0 Å². The molecule has 1 aliphatic carbocycles. The van der Waals surface area contributed by atoms with Crippen LogP contribution in [-0.4, -0.2) is 108 Å². The number of allylic oxidation sites excluding steroid dienone is 1. The Bertz CT molecular complexity index is 2960. The normalized spacial score (nSPS) is 18.1. The maximum Gasteiger partial charge on any atom is 0.293 e. The van der Waals surface area contributed by atoms with Crippen LogP contribution in [0.15, 0.2) is 95.7 Å². The topological polar surface area (TPSA) is 178 Å². The molecule has 0 bridgehead atoms. The number of carbonyl (C=O) groups is 1. The Morgan fingerprint density at radius 1 is 1.01 bits per heavy atom. The molecule has 8 rings (SSSR count).